The summed E-state index contributed by atoms with van der Waals surface area (Å²) in [7, 11) is 0. The molecule has 0 fully saturated rings. The van der Waals surface area contributed by atoms with E-state index in [0.29, 0.717) is 6.54 Å². The number of unbranched alkanes of at least 4 members (excludes halogenated alkanes) is 2. The zero-order valence-corrected chi connectivity index (χ0v) is 17.1. The Morgan fingerprint density at radius 1 is 1.19 bits per heavy atom. The molecule has 27 heavy (non-hydrogen) atoms. The van der Waals surface area contributed by atoms with Gasteiger partial charge in [-0.05, 0) is 54.8 Å². The molecule has 3 heterocycles. The first-order valence-electron chi connectivity index (χ1n) is 9.55. The lowest BCUT2D eigenvalue weighted by molar-refractivity contribution is 0.622. The van der Waals surface area contributed by atoms with E-state index in [1.54, 1.807) is 11.3 Å². The number of rotatable bonds is 7. The van der Waals surface area contributed by atoms with Gasteiger partial charge in [0.2, 0.25) is 0 Å². The van der Waals surface area contributed by atoms with Crippen molar-refractivity contribution in [2.45, 2.75) is 52.0 Å². The molecule has 0 aromatic carbocycles. The largest absolute Gasteiger partial charge is 0.251 e. The summed E-state index contributed by atoms with van der Waals surface area (Å²) in [5, 5.41) is 11.5. The Bertz CT molecular complexity index is 943. The Kier molecular flexibility index (Phi) is 5.69. The quantitative estimate of drug-likeness (QED) is 0.477. The van der Waals surface area contributed by atoms with Gasteiger partial charge < -0.3 is 0 Å². The van der Waals surface area contributed by atoms with Crippen molar-refractivity contribution in [3.8, 4) is 10.6 Å². The summed E-state index contributed by atoms with van der Waals surface area (Å²) < 4.78 is 1.91. The van der Waals surface area contributed by atoms with Crippen LogP contribution in [-0.4, -0.2) is 20.0 Å². The fourth-order valence-electron chi connectivity index (χ4n) is 3.45. The second kappa shape index (κ2) is 8.36. The predicted octanol–water partition coefficient (Wildman–Crippen LogP) is 5.73. The molecular formula is C21H23ClN4S. The van der Waals surface area contributed by atoms with Crippen molar-refractivity contribution in [2.75, 3.05) is 0 Å². The van der Waals surface area contributed by atoms with Crippen molar-refractivity contribution in [1.29, 1.82) is 0 Å². The minimum absolute atomic E-state index is 0.700. The molecule has 6 heteroatoms. The van der Waals surface area contributed by atoms with E-state index in [1.807, 2.05) is 4.68 Å². The monoisotopic (exact) mass is 398 g/mol. The van der Waals surface area contributed by atoms with Crippen LogP contribution in [-0.2, 0) is 19.4 Å². The smallest absolute Gasteiger partial charge is 0.0827 e. The van der Waals surface area contributed by atoms with Gasteiger partial charge >= 0.3 is 0 Å². The summed E-state index contributed by atoms with van der Waals surface area (Å²) >= 11 is 8.44. The van der Waals surface area contributed by atoms with Gasteiger partial charge in [0.25, 0.3) is 0 Å². The third-order valence-corrected chi connectivity index (χ3v) is 6.30. The van der Waals surface area contributed by atoms with Crippen molar-refractivity contribution in [2.24, 2.45) is 0 Å². The zero-order valence-electron chi connectivity index (χ0n) is 15.5. The van der Waals surface area contributed by atoms with Crippen molar-refractivity contribution in [3.05, 3.63) is 58.4 Å². The van der Waals surface area contributed by atoms with Gasteiger partial charge in [0, 0.05) is 11.8 Å². The molecule has 0 aliphatic heterocycles. The van der Waals surface area contributed by atoms with E-state index < -0.39 is 0 Å². The Morgan fingerprint density at radius 3 is 2.93 bits per heavy atom. The van der Waals surface area contributed by atoms with Crippen LogP contribution in [0, 0.1) is 0 Å². The summed E-state index contributed by atoms with van der Waals surface area (Å²) in [6.45, 7) is 2.91. The van der Waals surface area contributed by atoms with Gasteiger partial charge in [-0.1, -0.05) is 42.6 Å². The van der Waals surface area contributed by atoms with Crippen LogP contribution in [0.3, 0.4) is 0 Å². The number of aromatic nitrogens is 4. The number of aryl methyl sites for hydroxylation is 2. The van der Waals surface area contributed by atoms with Gasteiger partial charge in [0.1, 0.15) is 0 Å². The summed E-state index contributed by atoms with van der Waals surface area (Å²) in [6, 6.07) is 8.34. The third kappa shape index (κ3) is 4.14. The topological polar surface area (TPSA) is 43.6 Å². The first kappa shape index (κ1) is 18.4. The molecule has 3 aromatic heterocycles. The van der Waals surface area contributed by atoms with E-state index in [-0.39, 0.29) is 0 Å². The van der Waals surface area contributed by atoms with Crippen molar-refractivity contribution in [1.82, 2.24) is 20.0 Å². The highest BCUT2D eigenvalue weighted by Crippen LogP contribution is 2.35. The van der Waals surface area contributed by atoms with Gasteiger partial charge in [0.05, 0.1) is 33.5 Å². The van der Waals surface area contributed by atoms with Crippen molar-refractivity contribution >= 4 is 28.0 Å². The Balaban J connectivity index is 1.51. The molecule has 4 nitrogen and oxygen atoms in total. The van der Waals surface area contributed by atoms with E-state index >= 15 is 0 Å². The number of halogens is 1. The molecule has 0 radical (unpaired) electrons. The Labute approximate surface area is 168 Å². The second-order valence-corrected chi connectivity index (χ2v) is 8.28. The normalized spacial score (nSPS) is 13.9. The molecule has 0 bridgehead atoms. The molecule has 0 saturated heterocycles. The lowest BCUT2D eigenvalue weighted by Gasteiger charge is -2.19. The first-order valence-corrected chi connectivity index (χ1v) is 10.8. The molecular weight excluding hydrogens is 376 g/mol. The molecule has 0 atom stereocenters. The second-order valence-electron chi connectivity index (χ2n) is 6.95. The van der Waals surface area contributed by atoms with E-state index in [9.17, 15) is 0 Å². The van der Waals surface area contributed by atoms with E-state index in [1.165, 1.54) is 29.7 Å². The number of thiophene rings is 1. The third-order valence-electron chi connectivity index (χ3n) is 4.93. The molecule has 0 saturated carbocycles. The Hall–Kier alpha value is -1.98. The molecule has 140 valence electrons. The van der Waals surface area contributed by atoms with Crippen LogP contribution < -0.4 is 0 Å². The zero-order chi connectivity index (χ0) is 18.6. The van der Waals surface area contributed by atoms with Gasteiger partial charge in [-0.2, -0.15) is 0 Å². The van der Waals surface area contributed by atoms with E-state index in [4.69, 9.17) is 16.6 Å². The highest BCUT2D eigenvalue weighted by Gasteiger charge is 2.20. The number of hydrogen-bond donors (Lipinski definition) is 0. The van der Waals surface area contributed by atoms with Gasteiger partial charge in [-0.25, -0.2) is 4.68 Å². The summed E-state index contributed by atoms with van der Waals surface area (Å²) in [4.78, 5) is 6.05. The van der Waals surface area contributed by atoms with Crippen LogP contribution in [0.25, 0.3) is 15.6 Å². The Morgan fingerprint density at radius 2 is 2.11 bits per heavy atom. The van der Waals surface area contributed by atoms with Crippen molar-refractivity contribution < 1.29 is 0 Å². The highest BCUT2D eigenvalue weighted by atomic mass is 35.5. The molecule has 0 unspecified atom stereocenters. The van der Waals surface area contributed by atoms with Gasteiger partial charge in [0.15, 0.2) is 0 Å². The number of nitrogens with zero attached hydrogens (tertiary/aromatic N) is 4. The fourth-order valence-corrected chi connectivity index (χ4v) is 4.47. The molecule has 0 amide bonds. The SMILES string of the molecule is CCCCCc1cn(CC2=C(Cl)c3ccc(-c4cccs4)nc3CC2)nn1. The van der Waals surface area contributed by atoms with E-state index in [2.05, 4.69) is 53.1 Å². The number of hydrogen-bond acceptors (Lipinski definition) is 4. The van der Waals surface area contributed by atoms with Crippen LogP contribution in [0.5, 0.6) is 0 Å². The summed E-state index contributed by atoms with van der Waals surface area (Å²) in [5.41, 5.74) is 5.46. The van der Waals surface area contributed by atoms with Crippen LogP contribution in [0.4, 0.5) is 0 Å². The average Bonchev–Trinajstić information content (AvgIpc) is 3.36. The maximum atomic E-state index is 6.73. The fraction of sp³-hybridized carbons (Fsp3) is 0.381. The maximum absolute atomic E-state index is 6.73. The highest BCUT2D eigenvalue weighted by molar-refractivity contribution is 7.13. The van der Waals surface area contributed by atoms with Gasteiger partial charge in [-0.15, -0.1) is 16.4 Å². The molecule has 1 aliphatic carbocycles. The first-order chi connectivity index (χ1) is 13.2. The van der Waals surface area contributed by atoms with Crippen LogP contribution in [0.1, 0.15) is 49.6 Å². The molecule has 1 aliphatic rings. The number of pyridine rings is 1. The minimum Gasteiger partial charge on any atom is -0.251 e. The predicted molar refractivity (Wildman–Crippen MR) is 112 cm³/mol. The lowest BCUT2D eigenvalue weighted by atomic mass is 9.95. The van der Waals surface area contributed by atoms with Crippen LogP contribution in [0.15, 0.2) is 41.4 Å². The molecule has 3 aromatic rings. The van der Waals surface area contributed by atoms with Crippen LogP contribution in [0.2, 0.25) is 0 Å². The van der Waals surface area contributed by atoms with Crippen LogP contribution >= 0.6 is 22.9 Å². The average molecular weight is 399 g/mol. The van der Waals surface area contributed by atoms with Gasteiger partial charge in [-0.3, -0.25) is 4.98 Å². The standard InChI is InChI=1S/C21H23ClN4S/c1-2-3-4-6-16-14-26(25-24-16)13-15-8-10-18-17(21(15)22)9-11-19(23-18)20-7-5-12-27-20/h5,7,9,11-12,14H,2-4,6,8,10,13H2,1H3. The number of fused-ring (bicyclic) bond motifs is 1. The summed E-state index contributed by atoms with van der Waals surface area (Å²) in [5.74, 6) is 0. The number of allylic oxidation sites excluding steroid dienone is 1. The summed E-state index contributed by atoms with van der Waals surface area (Å²) in [6.07, 6.45) is 8.51. The lowest BCUT2D eigenvalue weighted by Crippen LogP contribution is -2.10. The molecule has 4 rings (SSSR count). The van der Waals surface area contributed by atoms with E-state index in [0.717, 1.165) is 46.9 Å². The maximum Gasteiger partial charge on any atom is 0.0827 e. The van der Waals surface area contributed by atoms with Crippen molar-refractivity contribution in [3.63, 3.8) is 0 Å². The minimum atomic E-state index is 0.700. The molecule has 0 N–H and O–H groups in total. The molecule has 0 spiro atoms.